The lowest BCUT2D eigenvalue weighted by Gasteiger charge is -2.47. The van der Waals surface area contributed by atoms with Gasteiger partial charge in [0, 0.05) is 36.7 Å². The molecule has 0 amide bonds. The third kappa shape index (κ3) is 8.58. The minimum absolute atomic E-state index is 0.0128. The van der Waals surface area contributed by atoms with Gasteiger partial charge in [0.25, 0.3) is 0 Å². The van der Waals surface area contributed by atoms with Crippen molar-refractivity contribution in [2.24, 2.45) is 0 Å². The zero-order valence-electron chi connectivity index (χ0n) is 20.3. The van der Waals surface area contributed by atoms with Crippen LogP contribution in [-0.4, -0.2) is 99.1 Å². The van der Waals surface area contributed by atoms with Gasteiger partial charge in [0.1, 0.15) is 6.10 Å². The molecule has 0 radical (unpaired) electrons. The number of benzene rings is 1. The maximum Gasteiger partial charge on any atom is 0.490 e. The molecule has 39 heavy (non-hydrogen) atoms. The van der Waals surface area contributed by atoms with Crippen LogP contribution in [0.1, 0.15) is 18.4 Å². The standard InChI is InChI=1S/C20H26ClF3N6O2.C2HF3O2/c21-13-3-1-12(2-4-13)9-15-11-32-16(17(31)20(22,23)24)10-30(15)14-5-7-29(8-6-14)19-26-18(25)27-28-19;3-2(4,5)1(6)7/h1-4,14-17,31H,5-11H2,(H3,25,26,27,28);(H,6,7)/t15-,16+,17-;/m0./s1. The fraction of sp³-hybridized carbons (Fsp3) is 0.591. The number of aromatic nitrogens is 3. The number of aromatic amines is 1. The molecule has 1 aromatic carbocycles. The number of aliphatic carboxylic acids is 1. The van der Waals surface area contributed by atoms with Crippen LogP contribution in [0.5, 0.6) is 0 Å². The number of rotatable bonds is 5. The minimum atomic E-state index is -5.08. The fourth-order valence-corrected chi connectivity index (χ4v) is 4.60. The molecule has 0 unspecified atom stereocenters. The van der Waals surface area contributed by atoms with E-state index in [1.54, 1.807) is 12.1 Å². The lowest BCUT2D eigenvalue weighted by atomic mass is 9.95. The van der Waals surface area contributed by atoms with Crippen LogP contribution in [0.4, 0.5) is 38.2 Å². The van der Waals surface area contributed by atoms with Crippen molar-refractivity contribution in [2.45, 2.75) is 55.9 Å². The summed E-state index contributed by atoms with van der Waals surface area (Å²) in [7, 11) is 0. The van der Waals surface area contributed by atoms with E-state index >= 15 is 0 Å². The van der Waals surface area contributed by atoms with E-state index in [1.807, 2.05) is 17.0 Å². The van der Waals surface area contributed by atoms with Gasteiger partial charge in [-0.15, -0.1) is 10.2 Å². The van der Waals surface area contributed by atoms with Crippen LogP contribution in [0.25, 0.3) is 0 Å². The van der Waals surface area contributed by atoms with Crippen molar-refractivity contribution in [3.63, 3.8) is 0 Å². The van der Waals surface area contributed by atoms with Gasteiger partial charge in [-0.25, -0.2) is 4.79 Å². The number of halogens is 7. The number of alkyl halides is 6. The first-order valence-corrected chi connectivity index (χ1v) is 12.1. The van der Waals surface area contributed by atoms with Crippen LogP contribution in [-0.2, 0) is 16.0 Å². The molecule has 5 N–H and O–H groups in total. The Labute approximate surface area is 223 Å². The molecule has 2 aliphatic heterocycles. The summed E-state index contributed by atoms with van der Waals surface area (Å²) in [6, 6.07) is 7.36. The Kier molecular flexibility index (Phi) is 9.90. The number of carbonyl (C=O) groups is 1. The summed E-state index contributed by atoms with van der Waals surface area (Å²) in [4.78, 5) is 15.9. The van der Waals surface area contributed by atoms with Gasteiger partial charge in [-0.3, -0.25) is 9.88 Å². The fourth-order valence-electron chi connectivity index (χ4n) is 4.48. The Morgan fingerprint density at radius 1 is 1.15 bits per heavy atom. The van der Waals surface area contributed by atoms with Crippen LogP contribution in [0.3, 0.4) is 0 Å². The number of carboxylic acid groups (broad SMARTS) is 1. The lowest BCUT2D eigenvalue weighted by molar-refractivity contribution is -0.250. The highest BCUT2D eigenvalue weighted by molar-refractivity contribution is 6.30. The maximum absolute atomic E-state index is 13.1. The Hall–Kier alpha value is -2.82. The van der Waals surface area contributed by atoms with Crippen LogP contribution in [0.15, 0.2) is 24.3 Å². The van der Waals surface area contributed by atoms with E-state index in [2.05, 4.69) is 20.1 Å². The van der Waals surface area contributed by atoms with Gasteiger partial charge in [0.2, 0.25) is 11.9 Å². The van der Waals surface area contributed by atoms with Gasteiger partial charge in [0.15, 0.2) is 6.10 Å². The molecule has 4 rings (SSSR count). The number of anilines is 2. The topological polar surface area (TPSA) is 141 Å². The van der Waals surface area contributed by atoms with Crippen molar-refractivity contribution in [3.05, 3.63) is 34.9 Å². The number of morpholine rings is 1. The van der Waals surface area contributed by atoms with Crippen molar-refractivity contribution in [2.75, 3.05) is 36.9 Å². The summed E-state index contributed by atoms with van der Waals surface area (Å²) in [5, 5.41) is 25.3. The predicted molar refractivity (Wildman–Crippen MR) is 127 cm³/mol. The van der Waals surface area contributed by atoms with E-state index in [0.717, 1.165) is 18.4 Å². The number of nitrogens with zero attached hydrogens (tertiary/aromatic N) is 4. The van der Waals surface area contributed by atoms with Gasteiger partial charge in [-0.05, 0) is 37.0 Å². The number of nitrogens with one attached hydrogen (secondary N) is 1. The Bertz CT molecular complexity index is 1080. The van der Waals surface area contributed by atoms with Crippen LogP contribution >= 0.6 is 11.6 Å². The molecular formula is C22H27ClF6N6O4. The van der Waals surface area contributed by atoms with Gasteiger partial charge in [-0.2, -0.15) is 26.3 Å². The Morgan fingerprint density at radius 2 is 1.74 bits per heavy atom. The molecule has 2 fully saturated rings. The monoisotopic (exact) mass is 588 g/mol. The zero-order valence-corrected chi connectivity index (χ0v) is 21.0. The summed E-state index contributed by atoms with van der Waals surface area (Å²) < 4.78 is 76.6. The third-order valence-corrected chi connectivity index (χ3v) is 6.65. The third-order valence-electron chi connectivity index (χ3n) is 6.40. The second-order valence-electron chi connectivity index (χ2n) is 9.09. The van der Waals surface area contributed by atoms with Crippen LogP contribution in [0, 0.1) is 0 Å². The van der Waals surface area contributed by atoms with E-state index in [1.165, 1.54) is 0 Å². The first kappa shape index (κ1) is 30.7. The van der Waals surface area contributed by atoms with Crippen molar-refractivity contribution in [1.82, 2.24) is 20.1 Å². The molecule has 17 heteroatoms. The van der Waals surface area contributed by atoms with Gasteiger partial charge in [0.05, 0.1) is 6.61 Å². The molecule has 0 bridgehead atoms. The predicted octanol–water partition coefficient (Wildman–Crippen LogP) is 2.88. The van der Waals surface area contributed by atoms with Gasteiger partial charge >= 0.3 is 18.3 Å². The number of nitrogen functional groups attached to an aromatic ring is 1. The first-order chi connectivity index (χ1) is 18.1. The Morgan fingerprint density at radius 3 is 2.23 bits per heavy atom. The molecule has 3 atom stereocenters. The number of hydrogen-bond donors (Lipinski definition) is 4. The molecule has 0 saturated carbocycles. The van der Waals surface area contributed by atoms with E-state index in [9.17, 15) is 31.4 Å². The maximum atomic E-state index is 13.1. The molecule has 1 aromatic heterocycles. The number of carboxylic acids is 1. The highest BCUT2D eigenvalue weighted by Gasteiger charge is 2.48. The van der Waals surface area contributed by atoms with E-state index < -0.39 is 30.5 Å². The normalized spacial score (nSPS) is 22.2. The molecule has 218 valence electrons. The van der Waals surface area contributed by atoms with Crippen molar-refractivity contribution in [1.29, 1.82) is 0 Å². The number of H-pyrrole nitrogens is 1. The quantitative estimate of drug-likeness (QED) is 0.388. The zero-order chi connectivity index (χ0) is 29.0. The number of nitrogens with two attached hydrogens (primary N) is 1. The first-order valence-electron chi connectivity index (χ1n) is 11.7. The molecule has 0 aliphatic carbocycles. The molecule has 10 nitrogen and oxygen atoms in total. The SMILES string of the molecule is Nc1nnc(N2CCC(N3C[C@H]([C@H](O)C(F)(F)F)OC[C@@H]3Cc3ccc(Cl)cc3)CC2)[nH]1.O=C(O)C(F)(F)F. The summed E-state index contributed by atoms with van der Waals surface area (Å²) in [6.45, 7) is 1.45. The average molecular weight is 589 g/mol. The number of hydrogen-bond acceptors (Lipinski definition) is 8. The summed E-state index contributed by atoms with van der Waals surface area (Å²) in [5.41, 5.74) is 6.63. The number of aliphatic hydroxyl groups excluding tert-OH is 1. The molecule has 2 aromatic rings. The largest absolute Gasteiger partial charge is 0.490 e. The minimum Gasteiger partial charge on any atom is -0.475 e. The van der Waals surface area contributed by atoms with Crippen LogP contribution < -0.4 is 10.6 Å². The van der Waals surface area contributed by atoms with Crippen molar-refractivity contribution >= 4 is 29.5 Å². The van der Waals surface area contributed by atoms with Gasteiger partial charge in [-0.1, -0.05) is 23.7 Å². The Balaban J connectivity index is 0.000000532. The van der Waals surface area contributed by atoms with E-state index in [4.69, 9.17) is 32.0 Å². The lowest BCUT2D eigenvalue weighted by Crippen LogP contribution is -2.60. The van der Waals surface area contributed by atoms with E-state index in [0.29, 0.717) is 30.5 Å². The molecule has 0 spiro atoms. The highest BCUT2D eigenvalue weighted by atomic mass is 35.5. The number of piperidine rings is 1. The summed E-state index contributed by atoms with van der Waals surface area (Å²) >= 11 is 5.97. The van der Waals surface area contributed by atoms with Crippen molar-refractivity contribution < 1.29 is 46.1 Å². The van der Waals surface area contributed by atoms with Gasteiger partial charge < -0.3 is 25.6 Å². The smallest absolute Gasteiger partial charge is 0.475 e. The second kappa shape index (κ2) is 12.6. The number of ether oxygens (including phenoxy) is 1. The molecule has 2 saturated heterocycles. The molecule has 3 heterocycles. The number of aliphatic hydroxyl groups is 1. The van der Waals surface area contributed by atoms with Crippen LogP contribution in [0.2, 0.25) is 5.02 Å². The van der Waals surface area contributed by atoms with Crippen molar-refractivity contribution in [3.8, 4) is 0 Å². The van der Waals surface area contributed by atoms with E-state index in [-0.39, 0.29) is 31.2 Å². The highest BCUT2D eigenvalue weighted by Crippen LogP contribution is 2.31. The summed E-state index contributed by atoms with van der Waals surface area (Å²) in [5.74, 6) is -1.93. The molecular weight excluding hydrogens is 562 g/mol. The second-order valence-corrected chi connectivity index (χ2v) is 9.53. The summed E-state index contributed by atoms with van der Waals surface area (Å²) in [6.07, 6.45) is -11.6. The molecule has 2 aliphatic rings. The average Bonchev–Trinajstić information content (AvgIpc) is 3.31.